The van der Waals surface area contributed by atoms with E-state index in [9.17, 15) is 9.59 Å². The van der Waals surface area contributed by atoms with Crippen LogP contribution in [0.4, 0.5) is 0 Å². The molecule has 6 nitrogen and oxygen atoms in total. The summed E-state index contributed by atoms with van der Waals surface area (Å²) in [5.41, 5.74) is 1.73. The molecule has 0 aliphatic heterocycles. The highest BCUT2D eigenvalue weighted by Crippen LogP contribution is 2.27. The number of aryl methyl sites for hydroxylation is 1. The number of hydrogen-bond donors (Lipinski definition) is 2. The molecule has 3 rings (SSSR count). The van der Waals surface area contributed by atoms with E-state index in [0.717, 1.165) is 31.2 Å². The molecule has 0 aromatic carbocycles. The lowest BCUT2D eigenvalue weighted by molar-refractivity contribution is -0.124. The van der Waals surface area contributed by atoms with Gasteiger partial charge in [0.1, 0.15) is 11.7 Å². The van der Waals surface area contributed by atoms with Gasteiger partial charge < -0.3 is 15.1 Å². The predicted octanol–water partition coefficient (Wildman–Crippen LogP) is 3.07. The molecule has 138 valence electrons. The Balaban J connectivity index is 1.73. The third kappa shape index (κ3) is 4.12. The molecule has 0 spiro atoms. The Labute approximate surface area is 153 Å². The number of furan rings is 1. The van der Waals surface area contributed by atoms with Crippen molar-refractivity contribution in [2.45, 2.75) is 45.1 Å². The Hall–Kier alpha value is -2.63. The molecular formula is C20H25N3O3. The average molecular weight is 355 g/mol. The monoisotopic (exact) mass is 355 g/mol. The summed E-state index contributed by atoms with van der Waals surface area (Å²) < 4.78 is 5.67. The highest BCUT2D eigenvalue weighted by Gasteiger charge is 2.31. The number of rotatable bonds is 5. The van der Waals surface area contributed by atoms with E-state index in [4.69, 9.17) is 4.42 Å². The topological polar surface area (TPSA) is 84.2 Å². The summed E-state index contributed by atoms with van der Waals surface area (Å²) >= 11 is 0. The number of carbonyl (C=O) groups is 2. The molecule has 2 heterocycles. The van der Waals surface area contributed by atoms with Crippen LogP contribution in [0.2, 0.25) is 0 Å². The fraction of sp³-hybridized carbons (Fsp3) is 0.450. The first kappa shape index (κ1) is 18.2. The van der Waals surface area contributed by atoms with Gasteiger partial charge in [-0.25, -0.2) is 0 Å². The van der Waals surface area contributed by atoms with Crippen LogP contribution in [0.5, 0.6) is 0 Å². The van der Waals surface area contributed by atoms with Crippen molar-refractivity contribution >= 4 is 11.8 Å². The van der Waals surface area contributed by atoms with Crippen molar-refractivity contribution in [1.29, 1.82) is 0 Å². The standard InChI is InChI=1S/C20H25N3O3/c1-13-8-9-15(22-12-13)16-10-11-17(26-16)19(24)23-18(20(25)21-2)14-6-4-3-5-7-14/h8-12,14,18H,3-7H2,1-2H3,(H,21,25)(H,23,24)/t18-/m0/s1. The molecule has 2 aromatic rings. The summed E-state index contributed by atoms with van der Waals surface area (Å²) in [7, 11) is 1.60. The molecule has 0 bridgehead atoms. The second kappa shape index (κ2) is 8.17. The van der Waals surface area contributed by atoms with Gasteiger partial charge in [0.25, 0.3) is 5.91 Å². The molecule has 2 N–H and O–H groups in total. The Morgan fingerprint density at radius 2 is 1.92 bits per heavy atom. The minimum absolute atomic E-state index is 0.155. The SMILES string of the molecule is CNC(=O)[C@@H](NC(=O)c1ccc(-c2ccc(C)cn2)o1)C1CCCCC1. The third-order valence-electron chi connectivity index (χ3n) is 4.93. The highest BCUT2D eigenvalue weighted by atomic mass is 16.4. The maximum atomic E-state index is 12.6. The number of carbonyl (C=O) groups excluding carboxylic acids is 2. The first-order valence-corrected chi connectivity index (χ1v) is 9.14. The predicted molar refractivity (Wildman–Crippen MR) is 98.6 cm³/mol. The van der Waals surface area contributed by atoms with Gasteiger partial charge in [-0.15, -0.1) is 0 Å². The number of nitrogens with one attached hydrogen (secondary N) is 2. The van der Waals surface area contributed by atoms with Gasteiger partial charge in [-0.3, -0.25) is 14.6 Å². The number of nitrogens with zero attached hydrogens (tertiary/aromatic N) is 1. The van der Waals surface area contributed by atoms with Crippen LogP contribution in [0.1, 0.15) is 48.2 Å². The molecule has 2 aromatic heterocycles. The summed E-state index contributed by atoms with van der Waals surface area (Å²) in [6, 6.07) is 6.61. The number of amides is 2. The van der Waals surface area contributed by atoms with Crippen LogP contribution in [0.15, 0.2) is 34.9 Å². The quantitative estimate of drug-likeness (QED) is 0.863. The zero-order chi connectivity index (χ0) is 18.5. The first-order chi connectivity index (χ1) is 12.6. The van der Waals surface area contributed by atoms with E-state index < -0.39 is 6.04 Å². The molecule has 26 heavy (non-hydrogen) atoms. The molecule has 0 radical (unpaired) electrons. The summed E-state index contributed by atoms with van der Waals surface area (Å²) in [6.07, 6.45) is 7.04. The van der Waals surface area contributed by atoms with Gasteiger partial charge >= 0.3 is 0 Å². The number of likely N-dealkylation sites (N-methyl/N-ethyl adjacent to an activating group) is 1. The summed E-state index contributed by atoms with van der Waals surface area (Å²) in [5.74, 6) is 0.358. The van der Waals surface area contributed by atoms with Crippen LogP contribution in [-0.4, -0.2) is 29.9 Å². The van der Waals surface area contributed by atoms with Crippen LogP contribution in [0.25, 0.3) is 11.5 Å². The van der Waals surface area contributed by atoms with Crippen molar-refractivity contribution in [3.05, 3.63) is 41.8 Å². The van der Waals surface area contributed by atoms with Gasteiger partial charge in [-0.1, -0.05) is 25.3 Å². The van der Waals surface area contributed by atoms with Crippen molar-refractivity contribution in [3.63, 3.8) is 0 Å². The Kier molecular flexibility index (Phi) is 5.71. The van der Waals surface area contributed by atoms with Crippen molar-refractivity contribution in [1.82, 2.24) is 15.6 Å². The van der Waals surface area contributed by atoms with E-state index >= 15 is 0 Å². The largest absolute Gasteiger partial charge is 0.449 e. The molecule has 1 aliphatic carbocycles. The Morgan fingerprint density at radius 3 is 2.58 bits per heavy atom. The van der Waals surface area contributed by atoms with E-state index in [1.807, 2.05) is 19.1 Å². The molecule has 1 saturated carbocycles. The summed E-state index contributed by atoms with van der Waals surface area (Å²) in [6.45, 7) is 1.96. The molecule has 1 atom stereocenters. The first-order valence-electron chi connectivity index (χ1n) is 9.14. The lowest BCUT2D eigenvalue weighted by atomic mass is 9.83. The molecule has 1 aliphatic rings. The second-order valence-electron chi connectivity index (χ2n) is 6.85. The molecule has 0 saturated heterocycles. The van der Waals surface area contributed by atoms with E-state index in [0.29, 0.717) is 11.5 Å². The number of pyridine rings is 1. The van der Waals surface area contributed by atoms with Gasteiger partial charge in [0.05, 0.1) is 0 Å². The minimum atomic E-state index is -0.529. The van der Waals surface area contributed by atoms with Crippen LogP contribution in [0.3, 0.4) is 0 Å². The highest BCUT2D eigenvalue weighted by molar-refractivity contribution is 5.96. The average Bonchev–Trinajstić information content (AvgIpc) is 3.17. The van der Waals surface area contributed by atoms with Crippen LogP contribution < -0.4 is 10.6 Å². The van der Waals surface area contributed by atoms with Crippen LogP contribution >= 0.6 is 0 Å². The van der Waals surface area contributed by atoms with Crippen molar-refractivity contribution < 1.29 is 14.0 Å². The smallest absolute Gasteiger partial charge is 0.287 e. The molecule has 2 amide bonds. The number of hydrogen-bond acceptors (Lipinski definition) is 4. The van der Waals surface area contributed by atoms with Crippen molar-refractivity contribution in [3.8, 4) is 11.5 Å². The normalized spacial score (nSPS) is 16.1. The third-order valence-corrected chi connectivity index (χ3v) is 4.93. The lowest BCUT2D eigenvalue weighted by Gasteiger charge is -2.29. The fourth-order valence-corrected chi connectivity index (χ4v) is 3.44. The zero-order valence-electron chi connectivity index (χ0n) is 15.2. The van der Waals surface area contributed by atoms with Crippen LogP contribution in [0, 0.1) is 12.8 Å². The second-order valence-corrected chi connectivity index (χ2v) is 6.85. The van der Waals surface area contributed by atoms with E-state index in [-0.39, 0.29) is 23.5 Å². The van der Waals surface area contributed by atoms with Crippen molar-refractivity contribution in [2.24, 2.45) is 5.92 Å². The Bertz CT molecular complexity index is 761. The lowest BCUT2D eigenvalue weighted by Crippen LogP contribution is -2.50. The van der Waals surface area contributed by atoms with Gasteiger partial charge in [0, 0.05) is 13.2 Å². The van der Waals surface area contributed by atoms with E-state index in [2.05, 4.69) is 15.6 Å². The van der Waals surface area contributed by atoms with Gasteiger partial charge in [-0.05, 0) is 49.4 Å². The minimum Gasteiger partial charge on any atom is -0.449 e. The molecular weight excluding hydrogens is 330 g/mol. The Morgan fingerprint density at radius 1 is 1.15 bits per heavy atom. The van der Waals surface area contributed by atoms with Gasteiger partial charge in [-0.2, -0.15) is 0 Å². The van der Waals surface area contributed by atoms with E-state index in [1.54, 1.807) is 25.4 Å². The number of aromatic nitrogens is 1. The summed E-state index contributed by atoms with van der Waals surface area (Å²) in [5, 5.41) is 5.52. The maximum absolute atomic E-state index is 12.6. The molecule has 6 heteroatoms. The van der Waals surface area contributed by atoms with Crippen LogP contribution in [-0.2, 0) is 4.79 Å². The maximum Gasteiger partial charge on any atom is 0.287 e. The fourth-order valence-electron chi connectivity index (χ4n) is 3.44. The van der Waals surface area contributed by atoms with Gasteiger partial charge in [0.2, 0.25) is 5.91 Å². The van der Waals surface area contributed by atoms with Crippen molar-refractivity contribution in [2.75, 3.05) is 7.05 Å². The zero-order valence-corrected chi connectivity index (χ0v) is 15.2. The summed E-state index contributed by atoms with van der Waals surface area (Å²) in [4.78, 5) is 29.2. The van der Waals surface area contributed by atoms with E-state index in [1.165, 1.54) is 6.42 Å². The molecule has 0 unspecified atom stereocenters. The molecule has 1 fully saturated rings. The van der Waals surface area contributed by atoms with Gasteiger partial charge in [0.15, 0.2) is 11.5 Å².